The lowest BCUT2D eigenvalue weighted by molar-refractivity contribution is -0.139. The average molecular weight is 353 g/mol. The highest BCUT2D eigenvalue weighted by atomic mass is 35.5. The number of hydrogen-bond donors (Lipinski definition) is 0. The Morgan fingerprint density at radius 2 is 2.08 bits per heavy atom. The quantitative estimate of drug-likeness (QED) is 0.608. The highest BCUT2D eigenvalue weighted by Crippen LogP contribution is 2.33. The maximum atomic E-state index is 11.7. The van der Waals surface area contributed by atoms with Gasteiger partial charge < -0.3 is 9.64 Å². The molecule has 2 rings (SSSR count). The minimum atomic E-state index is -0.673. The van der Waals surface area contributed by atoms with E-state index >= 15 is 0 Å². The van der Waals surface area contributed by atoms with Crippen molar-refractivity contribution in [3.8, 4) is 0 Å². The van der Waals surface area contributed by atoms with Crippen LogP contribution in [0.5, 0.6) is 0 Å². The van der Waals surface area contributed by atoms with E-state index in [0.29, 0.717) is 11.0 Å². The van der Waals surface area contributed by atoms with Gasteiger partial charge >= 0.3 is 5.97 Å². The van der Waals surface area contributed by atoms with Gasteiger partial charge in [-0.1, -0.05) is 39.3 Å². The van der Waals surface area contributed by atoms with Crippen LogP contribution in [0.15, 0.2) is 18.1 Å². The Kier molecular flexibility index (Phi) is 5.13. The first-order valence-electron chi connectivity index (χ1n) is 7.61. The zero-order valence-electron chi connectivity index (χ0n) is 14.4. The van der Waals surface area contributed by atoms with E-state index in [1.165, 1.54) is 4.90 Å². The predicted octanol–water partition coefficient (Wildman–Crippen LogP) is 2.46. The van der Waals surface area contributed by atoms with Crippen molar-refractivity contribution >= 4 is 29.7 Å². The van der Waals surface area contributed by atoms with Crippen molar-refractivity contribution in [2.45, 2.75) is 45.7 Å². The van der Waals surface area contributed by atoms with Crippen LogP contribution in [0.2, 0.25) is 5.15 Å². The Bertz CT molecular complexity index is 684. The van der Waals surface area contributed by atoms with Gasteiger partial charge in [0.05, 0.1) is 6.20 Å². The molecule has 1 aromatic heterocycles. The van der Waals surface area contributed by atoms with E-state index in [1.54, 1.807) is 31.1 Å². The van der Waals surface area contributed by atoms with Gasteiger partial charge in [0.15, 0.2) is 23.4 Å². The second kappa shape index (κ2) is 6.76. The molecule has 1 aliphatic rings. The largest absolute Gasteiger partial charge is 0.408 e. The lowest BCUT2D eigenvalue weighted by Gasteiger charge is -2.28. The van der Waals surface area contributed by atoms with E-state index in [2.05, 4.69) is 10.2 Å². The molecule has 2 heterocycles. The highest BCUT2D eigenvalue weighted by molar-refractivity contribution is 6.30. The fraction of sp³-hybridized carbons (Fsp3) is 0.500. The molecule has 0 bridgehead atoms. The lowest BCUT2D eigenvalue weighted by atomic mass is 9.88. The standard InChI is InChI=1S/C16H21ClN4O3/c1-6-14(23)24-13-8-20(5)12(9-22)21(13)11-7-10(16(2,3)4)15(17)19-18-11/h7-9,12H,6H2,1-5H3. The lowest BCUT2D eigenvalue weighted by Crippen LogP contribution is -2.40. The fourth-order valence-electron chi connectivity index (χ4n) is 2.31. The topological polar surface area (TPSA) is 75.6 Å². The summed E-state index contributed by atoms with van der Waals surface area (Å²) in [4.78, 5) is 26.4. The molecule has 0 saturated carbocycles. The molecule has 1 aliphatic heterocycles. The first-order valence-corrected chi connectivity index (χ1v) is 7.99. The normalized spacial score (nSPS) is 17.8. The molecular formula is C16H21ClN4O3. The number of rotatable bonds is 4. The van der Waals surface area contributed by atoms with E-state index in [1.807, 2.05) is 20.8 Å². The van der Waals surface area contributed by atoms with Crippen molar-refractivity contribution < 1.29 is 14.3 Å². The summed E-state index contributed by atoms with van der Waals surface area (Å²) in [5, 5.41) is 8.37. The molecule has 1 unspecified atom stereocenters. The fourth-order valence-corrected chi connectivity index (χ4v) is 2.68. The average Bonchev–Trinajstić information content (AvgIpc) is 2.81. The van der Waals surface area contributed by atoms with Crippen molar-refractivity contribution in [1.82, 2.24) is 15.1 Å². The molecule has 0 aromatic carbocycles. The van der Waals surface area contributed by atoms with Crippen LogP contribution < -0.4 is 4.90 Å². The van der Waals surface area contributed by atoms with Crippen molar-refractivity contribution in [2.75, 3.05) is 11.9 Å². The molecule has 0 aliphatic carbocycles. The van der Waals surface area contributed by atoms with Crippen molar-refractivity contribution in [2.24, 2.45) is 0 Å². The number of nitrogens with zero attached hydrogens (tertiary/aromatic N) is 4. The Balaban J connectivity index is 2.48. The van der Waals surface area contributed by atoms with Crippen molar-refractivity contribution in [3.05, 3.63) is 28.9 Å². The third kappa shape index (κ3) is 3.51. The summed E-state index contributed by atoms with van der Waals surface area (Å²) in [6, 6.07) is 1.76. The zero-order valence-corrected chi connectivity index (χ0v) is 15.2. The maximum Gasteiger partial charge on any atom is 0.312 e. The van der Waals surface area contributed by atoms with Crippen LogP contribution >= 0.6 is 11.6 Å². The number of anilines is 1. The molecule has 0 fully saturated rings. The summed E-state index contributed by atoms with van der Waals surface area (Å²) in [5.41, 5.74) is 0.531. The predicted molar refractivity (Wildman–Crippen MR) is 90.3 cm³/mol. The van der Waals surface area contributed by atoms with Gasteiger partial charge in [0, 0.05) is 19.0 Å². The van der Waals surface area contributed by atoms with Gasteiger partial charge in [0.1, 0.15) is 0 Å². The third-order valence-corrected chi connectivity index (χ3v) is 3.93. The molecule has 0 spiro atoms. The van der Waals surface area contributed by atoms with Crippen molar-refractivity contribution in [3.63, 3.8) is 0 Å². The number of likely N-dealkylation sites (N-methyl/N-ethyl adjacent to an activating group) is 1. The summed E-state index contributed by atoms with van der Waals surface area (Å²) in [6.07, 6.45) is 1.88. The number of aromatic nitrogens is 2. The van der Waals surface area contributed by atoms with Crippen LogP contribution in [0.25, 0.3) is 0 Å². The van der Waals surface area contributed by atoms with Crippen LogP contribution in [0.4, 0.5) is 5.82 Å². The summed E-state index contributed by atoms with van der Waals surface area (Å²) >= 11 is 6.16. The van der Waals surface area contributed by atoms with E-state index in [0.717, 1.165) is 11.8 Å². The molecule has 130 valence electrons. The monoisotopic (exact) mass is 352 g/mol. The van der Waals surface area contributed by atoms with Crippen LogP contribution in [-0.4, -0.2) is 40.6 Å². The Morgan fingerprint density at radius 1 is 1.42 bits per heavy atom. The van der Waals surface area contributed by atoms with Crippen molar-refractivity contribution in [1.29, 1.82) is 0 Å². The Hall–Kier alpha value is -2.15. The molecular weight excluding hydrogens is 332 g/mol. The number of aldehydes is 1. The molecule has 24 heavy (non-hydrogen) atoms. The summed E-state index contributed by atoms with van der Waals surface area (Å²) in [5.74, 6) is 0.225. The van der Waals surface area contributed by atoms with Gasteiger partial charge in [-0.2, -0.15) is 0 Å². The molecule has 0 radical (unpaired) electrons. The van der Waals surface area contributed by atoms with Gasteiger partial charge in [0.2, 0.25) is 5.88 Å². The summed E-state index contributed by atoms with van der Waals surface area (Å²) in [6.45, 7) is 7.70. The Morgan fingerprint density at radius 3 is 2.62 bits per heavy atom. The second-order valence-electron chi connectivity index (χ2n) is 6.54. The SMILES string of the molecule is CCC(=O)OC1=CN(C)C(C=O)N1c1cc(C(C)(C)C)c(Cl)nn1. The molecule has 0 saturated heterocycles. The van der Waals surface area contributed by atoms with E-state index < -0.39 is 12.1 Å². The van der Waals surface area contributed by atoms with Crippen LogP contribution in [-0.2, 0) is 19.7 Å². The number of ether oxygens (including phenoxy) is 1. The number of carbonyl (C=O) groups excluding carboxylic acids is 2. The number of esters is 1. The number of hydrogen-bond acceptors (Lipinski definition) is 7. The van der Waals surface area contributed by atoms with Gasteiger partial charge in [-0.25, -0.2) is 0 Å². The molecule has 0 N–H and O–H groups in total. The smallest absolute Gasteiger partial charge is 0.312 e. The second-order valence-corrected chi connectivity index (χ2v) is 6.90. The summed E-state index contributed by atoms with van der Waals surface area (Å²) in [7, 11) is 1.72. The Labute approximate surface area is 146 Å². The van der Waals surface area contributed by atoms with E-state index in [-0.39, 0.29) is 17.7 Å². The maximum absolute atomic E-state index is 11.7. The molecule has 8 heteroatoms. The van der Waals surface area contributed by atoms with Gasteiger partial charge in [-0.3, -0.25) is 14.5 Å². The van der Waals surface area contributed by atoms with Crippen LogP contribution in [0.1, 0.15) is 39.7 Å². The molecule has 1 atom stereocenters. The summed E-state index contributed by atoms with van der Waals surface area (Å²) < 4.78 is 5.33. The third-order valence-electron chi connectivity index (χ3n) is 3.65. The van der Waals surface area contributed by atoms with Crippen LogP contribution in [0.3, 0.4) is 0 Å². The minimum Gasteiger partial charge on any atom is -0.408 e. The number of halogens is 1. The number of carbonyl (C=O) groups is 2. The highest BCUT2D eigenvalue weighted by Gasteiger charge is 2.35. The van der Waals surface area contributed by atoms with Gasteiger partial charge in [-0.15, -0.1) is 10.2 Å². The minimum absolute atomic E-state index is 0.222. The first kappa shape index (κ1) is 18.2. The zero-order chi connectivity index (χ0) is 18.1. The molecule has 0 amide bonds. The van der Waals surface area contributed by atoms with Gasteiger partial charge in [0.25, 0.3) is 0 Å². The van der Waals surface area contributed by atoms with E-state index in [9.17, 15) is 9.59 Å². The molecule has 1 aromatic rings. The first-order chi connectivity index (χ1) is 11.2. The van der Waals surface area contributed by atoms with E-state index in [4.69, 9.17) is 16.3 Å². The molecule has 7 nitrogen and oxygen atoms in total. The van der Waals surface area contributed by atoms with Crippen LogP contribution in [0, 0.1) is 0 Å². The van der Waals surface area contributed by atoms with Gasteiger partial charge in [-0.05, 0) is 11.5 Å².